The largest absolute Gasteiger partial charge is 0.493 e. The Balaban J connectivity index is 1.47. The topological polar surface area (TPSA) is 73.9 Å². The van der Waals surface area contributed by atoms with E-state index in [1.54, 1.807) is 7.11 Å². The van der Waals surface area contributed by atoms with E-state index in [9.17, 15) is 9.59 Å². The van der Waals surface area contributed by atoms with Crippen LogP contribution in [0.1, 0.15) is 56.2 Å². The number of benzene rings is 3. The number of allylic oxidation sites excluding steroid dienone is 3. The number of hydrogen-bond acceptors (Lipinski definition) is 6. The van der Waals surface area contributed by atoms with Crippen LogP contribution in [-0.4, -0.2) is 25.5 Å². The summed E-state index contributed by atoms with van der Waals surface area (Å²) in [4.78, 5) is 27.3. The Kier molecular flexibility index (Phi) is 8.29. The van der Waals surface area contributed by atoms with Crippen LogP contribution in [0.25, 0.3) is 0 Å². The van der Waals surface area contributed by atoms with Gasteiger partial charge in [0.15, 0.2) is 17.3 Å². The fourth-order valence-electron chi connectivity index (χ4n) is 5.74. The summed E-state index contributed by atoms with van der Waals surface area (Å²) in [6, 6.07) is 25.5. The molecule has 1 aliphatic heterocycles. The highest BCUT2D eigenvalue weighted by atomic mass is 16.5. The lowest BCUT2D eigenvalue weighted by Crippen LogP contribution is -2.38. The van der Waals surface area contributed by atoms with Crippen LogP contribution in [0.15, 0.2) is 101 Å². The van der Waals surface area contributed by atoms with Crippen molar-refractivity contribution in [3.8, 4) is 11.5 Å². The monoisotopic (exact) mass is 551 g/mol. The lowest BCUT2D eigenvalue weighted by molar-refractivity contribution is -0.139. The summed E-state index contributed by atoms with van der Waals surface area (Å²) in [7, 11) is 1.59. The summed E-state index contributed by atoms with van der Waals surface area (Å²) in [5.74, 6) is 0.169. The number of methoxy groups -OCH3 is 1. The molecule has 1 aliphatic carbocycles. The number of carbonyl (C=O) groups excluding carboxylic acids is 2. The van der Waals surface area contributed by atoms with Crippen molar-refractivity contribution < 1.29 is 23.8 Å². The Bertz CT molecular complexity index is 1490. The fraction of sp³-hybridized carbons (Fsp3) is 0.314. The van der Waals surface area contributed by atoms with E-state index in [1.807, 2.05) is 85.8 Å². The van der Waals surface area contributed by atoms with E-state index in [1.165, 1.54) is 0 Å². The fourth-order valence-corrected chi connectivity index (χ4v) is 5.74. The third-order valence-electron chi connectivity index (χ3n) is 7.68. The first-order valence-electron chi connectivity index (χ1n) is 14.1. The number of esters is 1. The van der Waals surface area contributed by atoms with Crippen molar-refractivity contribution >= 4 is 11.8 Å². The molecule has 0 spiro atoms. The van der Waals surface area contributed by atoms with Crippen LogP contribution in [-0.2, 0) is 27.4 Å². The molecule has 212 valence electrons. The molecular formula is C35H37NO5. The van der Waals surface area contributed by atoms with E-state index in [2.05, 4.69) is 19.2 Å². The molecule has 0 aromatic heterocycles. The van der Waals surface area contributed by atoms with Crippen molar-refractivity contribution in [3.63, 3.8) is 0 Å². The van der Waals surface area contributed by atoms with Gasteiger partial charge in [-0.15, -0.1) is 0 Å². The summed E-state index contributed by atoms with van der Waals surface area (Å²) in [5, 5.41) is 3.40. The Labute approximate surface area is 242 Å². The summed E-state index contributed by atoms with van der Waals surface area (Å²) in [6.07, 6.45) is 1.74. The molecule has 0 amide bonds. The van der Waals surface area contributed by atoms with Gasteiger partial charge in [0, 0.05) is 35.7 Å². The van der Waals surface area contributed by atoms with E-state index >= 15 is 0 Å². The van der Waals surface area contributed by atoms with Gasteiger partial charge in [0.2, 0.25) is 0 Å². The van der Waals surface area contributed by atoms with Crippen LogP contribution in [0.3, 0.4) is 0 Å². The van der Waals surface area contributed by atoms with Crippen LogP contribution < -0.4 is 14.8 Å². The van der Waals surface area contributed by atoms with Crippen molar-refractivity contribution in [3.05, 3.63) is 118 Å². The highest BCUT2D eigenvalue weighted by Crippen LogP contribution is 2.48. The standard InChI is InChI=1S/C35H37NO5/c1-23-31(34(38)40-18-17-24-11-7-5-8-12-24)32(33-27(36-23)20-35(2,3)21-28(33)37)26-15-16-29(30(19-26)39-4)41-22-25-13-9-6-10-14-25/h5-16,19,32,36H,17-18,20-22H2,1-4H3/t32-/m1/s1. The second-order valence-electron chi connectivity index (χ2n) is 11.5. The van der Waals surface area contributed by atoms with Gasteiger partial charge in [-0.3, -0.25) is 4.79 Å². The summed E-state index contributed by atoms with van der Waals surface area (Å²) in [6.45, 7) is 6.71. The van der Waals surface area contributed by atoms with Crippen LogP contribution in [0.5, 0.6) is 11.5 Å². The molecule has 0 saturated heterocycles. The number of carbonyl (C=O) groups is 2. The van der Waals surface area contributed by atoms with Gasteiger partial charge in [-0.1, -0.05) is 80.6 Å². The second kappa shape index (κ2) is 12.0. The molecule has 6 nitrogen and oxygen atoms in total. The molecule has 3 aromatic rings. The Morgan fingerprint density at radius 3 is 2.29 bits per heavy atom. The smallest absolute Gasteiger partial charge is 0.336 e. The van der Waals surface area contributed by atoms with Gasteiger partial charge in [-0.25, -0.2) is 4.79 Å². The Hall–Kier alpha value is -4.32. The Morgan fingerprint density at radius 1 is 0.927 bits per heavy atom. The number of Topliss-reactive ketones (excluding diaryl/α,β-unsaturated/α-hetero) is 1. The van der Waals surface area contributed by atoms with Gasteiger partial charge in [0.1, 0.15) is 6.61 Å². The molecule has 0 bridgehead atoms. The Morgan fingerprint density at radius 2 is 1.61 bits per heavy atom. The molecule has 0 unspecified atom stereocenters. The number of ether oxygens (including phenoxy) is 3. The van der Waals surface area contributed by atoms with Crippen LogP contribution in [0.2, 0.25) is 0 Å². The van der Waals surface area contributed by atoms with Crippen molar-refractivity contribution in [2.24, 2.45) is 5.41 Å². The maximum Gasteiger partial charge on any atom is 0.336 e. The van der Waals surface area contributed by atoms with Gasteiger partial charge in [-0.2, -0.15) is 0 Å². The molecule has 0 fully saturated rings. The minimum Gasteiger partial charge on any atom is -0.493 e. The molecule has 0 saturated carbocycles. The summed E-state index contributed by atoms with van der Waals surface area (Å²) >= 11 is 0. The lowest BCUT2D eigenvalue weighted by Gasteiger charge is -2.39. The average molecular weight is 552 g/mol. The highest BCUT2D eigenvalue weighted by Gasteiger charge is 2.43. The molecule has 1 atom stereocenters. The third kappa shape index (κ3) is 6.37. The lowest BCUT2D eigenvalue weighted by atomic mass is 9.68. The number of ketones is 1. The predicted octanol–water partition coefficient (Wildman–Crippen LogP) is 6.66. The summed E-state index contributed by atoms with van der Waals surface area (Å²) < 4.78 is 17.6. The van der Waals surface area contributed by atoms with Crippen molar-refractivity contribution in [2.45, 2.75) is 52.6 Å². The van der Waals surface area contributed by atoms with Gasteiger partial charge >= 0.3 is 5.97 Å². The quantitative estimate of drug-likeness (QED) is 0.300. The zero-order valence-electron chi connectivity index (χ0n) is 24.2. The van der Waals surface area contributed by atoms with Crippen molar-refractivity contribution in [1.29, 1.82) is 0 Å². The zero-order chi connectivity index (χ0) is 29.0. The maximum absolute atomic E-state index is 13.7. The second-order valence-corrected chi connectivity index (χ2v) is 11.5. The van der Waals surface area contributed by atoms with E-state index < -0.39 is 11.9 Å². The number of nitrogens with one attached hydrogen (secondary N) is 1. The SMILES string of the molecule is COc1cc([C@@H]2C(C(=O)OCCc3ccccc3)=C(C)NC3=C2C(=O)CC(C)(C)C3)ccc1OCc1ccccc1. The van der Waals surface area contributed by atoms with E-state index in [-0.39, 0.29) is 17.8 Å². The maximum atomic E-state index is 13.7. The number of hydrogen-bond donors (Lipinski definition) is 1. The predicted molar refractivity (Wildman–Crippen MR) is 158 cm³/mol. The number of dihydropyridines is 1. The molecule has 6 heteroatoms. The molecular weight excluding hydrogens is 514 g/mol. The first-order chi connectivity index (χ1) is 19.8. The molecule has 1 heterocycles. The molecule has 41 heavy (non-hydrogen) atoms. The third-order valence-corrected chi connectivity index (χ3v) is 7.68. The van der Waals surface area contributed by atoms with Crippen LogP contribution in [0, 0.1) is 5.41 Å². The van der Waals surface area contributed by atoms with Gasteiger partial charge in [0.25, 0.3) is 0 Å². The van der Waals surface area contributed by atoms with E-state index in [0.29, 0.717) is 54.2 Å². The molecule has 5 rings (SSSR count). The first kappa shape index (κ1) is 28.2. The summed E-state index contributed by atoms with van der Waals surface area (Å²) in [5.41, 5.74) is 5.40. The van der Waals surface area contributed by atoms with Crippen molar-refractivity contribution in [2.75, 3.05) is 13.7 Å². The van der Waals surface area contributed by atoms with Crippen molar-refractivity contribution in [1.82, 2.24) is 5.32 Å². The van der Waals surface area contributed by atoms with Gasteiger partial charge in [0.05, 0.1) is 19.3 Å². The van der Waals surface area contributed by atoms with Crippen LogP contribution >= 0.6 is 0 Å². The van der Waals surface area contributed by atoms with E-state index in [0.717, 1.165) is 22.4 Å². The first-order valence-corrected chi connectivity index (χ1v) is 14.1. The highest BCUT2D eigenvalue weighted by molar-refractivity contribution is 6.04. The minimum atomic E-state index is -0.573. The molecule has 1 N–H and O–H groups in total. The van der Waals surface area contributed by atoms with Crippen LogP contribution in [0.4, 0.5) is 0 Å². The van der Waals surface area contributed by atoms with Gasteiger partial charge < -0.3 is 19.5 Å². The van der Waals surface area contributed by atoms with Gasteiger partial charge in [-0.05, 0) is 47.6 Å². The minimum absolute atomic E-state index is 0.0409. The zero-order valence-corrected chi connectivity index (χ0v) is 24.2. The molecule has 2 aliphatic rings. The van der Waals surface area contributed by atoms with E-state index in [4.69, 9.17) is 14.2 Å². The molecule has 0 radical (unpaired) electrons. The number of rotatable bonds is 9. The normalized spacial score (nSPS) is 18.0. The molecule has 3 aromatic carbocycles. The average Bonchev–Trinajstić information content (AvgIpc) is 2.95.